The lowest BCUT2D eigenvalue weighted by molar-refractivity contribution is 0.102. The first-order valence-electron chi connectivity index (χ1n) is 8.75. The Kier molecular flexibility index (Phi) is 5.35. The Morgan fingerprint density at radius 1 is 1.12 bits per heavy atom. The Morgan fingerprint density at radius 2 is 1.81 bits per heavy atom. The third kappa shape index (κ3) is 3.21. The molecule has 0 spiro atoms. The second-order valence-electron chi connectivity index (χ2n) is 6.40. The van der Waals surface area contributed by atoms with Gasteiger partial charge in [-0.25, -0.2) is 4.68 Å². The van der Waals surface area contributed by atoms with Gasteiger partial charge in [0.15, 0.2) is 11.5 Å². The SMILES string of the molecule is COc1ccc(C(=O)Nc2c(C)cnn2C2CCCC2)c(OC)c1OC. The van der Waals surface area contributed by atoms with E-state index in [9.17, 15) is 4.79 Å². The highest BCUT2D eigenvalue weighted by atomic mass is 16.5. The van der Waals surface area contributed by atoms with Crippen molar-refractivity contribution in [3.8, 4) is 17.2 Å². The Morgan fingerprint density at radius 3 is 2.42 bits per heavy atom. The summed E-state index contributed by atoms with van der Waals surface area (Å²) < 4.78 is 18.0. The first-order chi connectivity index (χ1) is 12.6. The molecule has 2 aromatic rings. The van der Waals surface area contributed by atoms with Crippen molar-refractivity contribution in [3.63, 3.8) is 0 Å². The van der Waals surface area contributed by atoms with Gasteiger partial charge in [0.05, 0.1) is 39.1 Å². The van der Waals surface area contributed by atoms with Crippen LogP contribution in [0.4, 0.5) is 5.82 Å². The minimum absolute atomic E-state index is 0.273. The molecule has 0 aliphatic heterocycles. The molecule has 7 nitrogen and oxygen atoms in total. The van der Waals surface area contributed by atoms with Crippen molar-refractivity contribution in [2.75, 3.05) is 26.6 Å². The number of rotatable bonds is 6. The fourth-order valence-electron chi connectivity index (χ4n) is 3.48. The fourth-order valence-corrected chi connectivity index (χ4v) is 3.48. The molecule has 1 aliphatic carbocycles. The van der Waals surface area contributed by atoms with Crippen LogP contribution in [0.1, 0.15) is 47.6 Å². The van der Waals surface area contributed by atoms with Gasteiger partial charge < -0.3 is 19.5 Å². The summed E-state index contributed by atoms with van der Waals surface area (Å²) in [4.78, 5) is 13.0. The van der Waals surface area contributed by atoms with Crippen molar-refractivity contribution in [1.82, 2.24) is 9.78 Å². The number of hydrogen-bond donors (Lipinski definition) is 1. The number of benzene rings is 1. The molecule has 0 unspecified atom stereocenters. The van der Waals surface area contributed by atoms with Gasteiger partial charge in [0.1, 0.15) is 5.82 Å². The quantitative estimate of drug-likeness (QED) is 0.853. The molecule has 1 N–H and O–H groups in total. The van der Waals surface area contributed by atoms with E-state index in [-0.39, 0.29) is 5.91 Å². The molecule has 0 bridgehead atoms. The molecule has 140 valence electrons. The predicted octanol–water partition coefficient (Wildman–Crippen LogP) is 3.58. The third-order valence-electron chi connectivity index (χ3n) is 4.83. The summed E-state index contributed by atoms with van der Waals surface area (Å²) in [5.41, 5.74) is 1.31. The van der Waals surface area contributed by atoms with E-state index in [0.717, 1.165) is 24.2 Å². The molecule has 1 aromatic carbocycles. The van der Waals surface area contributed by atoms with Gasteiger partial charge in [-0.2, -0.15) is 5.10 Å². The highest BCUT2D eigenvalue weighted by Gasteiger charge is 2.25. The Balaban J connectivity index is 1.93. The van der Waals surface area contributed by atoms with Crippen molar-refractivity contribution >= 4 is 11.7 Å². The number of ether oxygens (including phenoxy) is 3. The van der Waals surface area contributed by atoms with Gasteiger partial charge in [-0.1, -0.05) is 12.8 Å². The molecule has 1 aromatic heterocycles. The average Bonchev–Trinajstić information content (AvgIpc) is 3.30. The van der Waals surface area contributed by atoms with Crippen LogP contribution in [0.5, 0.6) is 17.2 Å². The Bertz CT molecular complexity index is 794. The lowest BCUT2D eigenvalue weighted by Crippen LogP contribution is -2.19. The van der Waals surface area contributed by atoms with Gasteiger partial charge >= 0.3 is 0 Å². The van der Waals surface area contributed by atoms with E-state index in [0.29, 0.717) is 28.9 Å². The molecule has 0 atom stereocenters. The number of nitrogens with zero attached hydrogens (tertiary/aromatic N) is 2. The molecule has 7 heteroatoms. The van der Waals surface area contributed by atoms with E-state index in [1.165, 1.54) is 27.1 Å². The molecular formula is C19H25N3O4. The maximum absolute atomic E-state index is 13.0. The number of anilines is 1. The summed E-state index contributed by atoms with van der Waals surface area (Å²) in [7, 11) is 4.56. The van der Waals surface area contributed by atoms with Crippen LogP contribution in [0.15, 0.2) is 18.3 Å². The van der Waals surface area contributed by atoms with E-state index in [2.05, 4.69) is 10.4 Å². The van der Waals surface area contributed by atoms with Gasteiger partial charge in [-0.15, -0.1) is 0 Å². The molecule has 1 amide bonds. The number of methoxy groups -OCH3 is 3. The lowest BCUT2D eigenvalue weighted by Gasteiger charge is -2.18. The molecule has 0 radical (unpaired) electrons. The van der Waals surface area contributed by atoms with Crippen LogP contribution in [0, 0.1) is 6.92 Å². The molecule has 1 saturated carbocycles. The van der Waals surface area contributed by atoms with Crippen LogP contribution in [0.2, 0.25) is 0 Å². The van der Waals surface area contributed by atoms with Crippen LogP contribution < -0.4 is 19.5 Å². The fraction of sp³-hybridized carbons (Fsp3) is 0.474. The van der Waals surface area contributed by atoms with Crippen molar-refractivity contribution in [3.05, 3.63) is 29.5 Å². The van der Waals surface area contributed by atoms with Crippen LogP contribution in [-0.4, -0.2) is 37.0 Å². The monoisotopic (exact) mass is 359 g/mol. The highest BCUT2D eigenvalue weighted by Crippen LogP contribution is 2.40. The van der Waals surface area contributed by atoms with E-state index >= 15 is 0 Å². The molecule has 1 fully saturated rings. The molecule has 1 heterocycles. The van der Waals surface area contributed by atoms with Crippen molar-refractivity contribution < 1.29 is 19.0 Å². The number of carbonyl (C=O) groups excluding carboxylic acids is 1. The summed E-state index contributed by atoms with van der Waals surface area (Å²) in [5, 5.41) is 7.47. The smallest absolute Gasteiger partial charge is 0.260 e. The second kappa shape index (κ2) is 7.68. The zero-order chi connectivity index (χ0) is 18.7. The van der Waals surface area contributed by atoms with Gasteiger partial charge in [-0.3, -0.25) is 4.79 Å². The maximum Gasteiger partial charge on any atom is 0.260 e. The van der Waals surface area contributed by atoms with Crippen LogP contribution >= 0.6 is 0 Å². The number of hydrogen-bond acceptors (Lipinski definition) is 5. The lowest BCUT2D eigenvalue weighted by atomic mass is 10.1. The van der Waals surface area contributed by atoms with E-state index < -0.39 is 0 Å². The number of carbonyl (C=O) groups is 1. The maximum atomic E-state index is 13.0. The zero-order valence-corrected chi connectivity index (χ0v) is 15.7. The summed E-state index contributed by atoms with van der Waals surface area (Å²) in [6.07, 6.45) is 6.36. The second-order valence-corrected chi connectivity index (χ2v) is 6.40. The number of nitrogens with one attached hydrogen (secondary N) is 1. The molecule has 26 heavy (non-hydrogen) atoms. The largest absolute Gasteiger partial charge is 0.493 e. The summed E-state index contributed by atoms with van der Waals surface area (Å²) in [6.45, 7) is 1.94. The first kappa shape index (κ1) is 18.1. The minimum Gasteiger partial charge on any atom is -0.493 e. The Labute approximate surface area is 153 Å². The Hall–Kier alpha value is -2.70. The van der Waals surface area contributed by atoms with E-state index in [4.69, 9.17) is 14.2 Å². The number of aromatic nitrogens is 2. The topological polar surface area (TPSA) is 74.6 Å². The number of amides is 1. The first-order valence-corrected chi connectivity index (χ1v) is 8.75. The van der Waals surface area contributed by atoms with Crippen LogP contribution in [-0.2, 0) is 0 Å². The average molecular weight is 359 g/mol. The van der Waals surface area contributed by atoms with Crippen molar-refractivity contribution in [2.24, 2.45) is 0 Å². The minimum atomic E-state index is -0.273. The van der Waals surface area contributed by atoms with Crippen LogP contribution in [0.25, 0.3) is 0 Å². The van der Waals surface area contributed by atoms with Crippen molar-refractivity contribution in [2.45, 2.75) is 38.6 Å². The molecule has 3 rings (SSSR count). The predicted molar refractivity (Wildman–Crippen MR) is 98.5 cm³/mol. The van der Waals surface area contributed by atoms with Gasteiger partial charge in [0, 0.05) is 5.56 Å². The molecule has 1 aliphatic rings. The van der Waals surface area contributed by atoms with Crippen molar-refractivity contribution in [1.29, 1.82) is 0 Å². The standard InChI is InChI=1S/C19H25N3O4/c1-12-11-20-22(13-7-5-6-8-13)18(12)21-19(23)14-9-10-15(24-2)17(26-4)16(14)25-3/h9-11,13H,5-8H2,1-4H3,(H,21,23). The van der Waals surface area contributed by atoms with E-state index in [1.54, 1.807) is 25.4 Å². The molecule has 0 saturated heterocycles. The normalized spacial score (nSPS) is 14.3. The summed E-state index contributed by atoms with van der Waals surface area (Å²) in [5.74, 6) is 1.70. The van der Waals surface area contributed by atoms with Crippen LogP contribution in [0.3, 0.4) is 0 Å². The van der Waals surface area contributed by atoms with Gasteiger partial charge in [-0.05, 0) is 31.9 Å². The number of aryl methyl sites for hydroxylation is 1. The zero-order valence-electron chi connectivity index (χ0n) is 15.7. The highest BCUT2D eigenvalue weighted by molar-refractivity contribution is 6.07. The third-order valence-corrected chi connectivity index (χ3v) is 4.83. The van der Waals surface area contributed by atoms with Gasteiger partial charge in [0.2, 0.25) is 5.75 Å². The summed E-state index contributed by atoms with van der Waals surface area (Å²) >= 11 is 0. The van der Waals surface area contributed by atoms with E-state index in [1.807, 2.05) is 11.6 Å². The molecular weight excluding hydrogens is 334 g/mol. The van der Waals surface area contributed by atoms with Gasteiger partial charge in [0.25, 0.3) is 5.91 Å². The summed E-state index contributed by atoms with van der Waals surface area (Å²) in [6, 6.07) is 3.70.